The molecule has 1 spiro atoms. The summed E-state index contributed by atoms with van der Waals surface area (Å²) in [6.45, 7) is 7.25. The summed E-state index contributed by atoms with van der Waals surface area (Å²) >= 11 is 0. The average molecular weight is 280 g/mol. The number of hydrogen-bond acceptors (Lipinski definition) is 3. The first kappa shape index (κ1) is 14.8. The van der Waals surface area contributed by atoms with E-state index in [0.717, 1.165) is 25.1 Å². The second kappa shape index (κ2) is 7.24. The molecule has 0 aromatic carbocycles. The molecular formula is C17H32N2O. The third-order valence-electron chi connectivity index (χ3n) is 5.54. The maximum atomic E-state index is 5.99. The number of rotatable bonds is 5. The lowest BCUT2D eigenvalue weighted by Gasteiger charge is -2.50. The van der Waals surface area contributed by atoms with Gasteiger partial charge in [0.05, 0.1) is 6.10 Å². The Morgan fingerprint density at radius 2 is 1.70 bits per heavy atom. The van der Waals surface area contributed by atoms with E-state index in [4.69, 9.17) is 4.74 Å². The van der Waals surface area contributed by atoms with Crippen molar-refractivity contribution in [3.05, 3.63) is 0 Å². The third-order valence-corrected chi connectivity index (χ3v) is 5.54. The van der Waals surface area contributed by atoms with Crippen molar-refractivity contribution in [3.8, 4) is 0 Å². The van der Waals surface area contributed by atoms with Crippen molar-refractivity contribution in [2.24, 2.45) is 5.41 Å². The fourth-order valence-electron chi connectivity index (χ4n) is 4.36. The highest BCUT2D eigenvalue weighted by atomic mass is 16.5. The lowest BCUT2D eigenvalue weighted by molar-refractivity contribution is -0.0241. The zero-order valence-corrected chi connectivity index (χ0v) is 13.0. The van der Waals surface area contributed by atoms with E-state index in [2.05, 4.69) is 10.2 Å². The molecular weight excluding hydrogens is 248 g/mol. The molecule has 3 nitrogen and oxygen atoms in total. The Hall–Kier alpha value is -0.120. The molecule has 2 aliphatic heterocycles. The van der Waals surface area contributed by atoms with Crippen LogP contribution in [0, 0.1) is 5.41 Å². The highest BCUT2D eigenvalue weighted by molar-refractivity contribution is 4.95. The fourth-order valence-corrected chi connectivity index (χ4v) is 4.36. The molecule has 3 fully saturated rings. The van der Waals surface area contributed by atoms with Crippen molar-refractivity contribution in [2.45, 2.75) is 63.9 Å². The second-order valence-electron chi connectivity index (χ2n) is 7.30. The number of nitrogens with zero attached hydrogens (tertiary/aromatic N) is 1. The van der Waals surface area contributed by atoms with Crippen molar-refractivity contribution < 1.29 is 4.74 Å². The van der Waals surface area contributed by atoms with Crippen LogP contribution in [0.1, 0.15) is 57.8 Å². The molecule has 3 aliphatic rings. The van der Waals surface area contributed by atoms with Crippen molar-refractivity contribution in [1.29, 1.82) is 0 Å². The van der Waals surface area contributed by atoms with E-state index in [9.17, 15) is 0 Å². The van der Waals surface area contributed by atoms with Crippen LogP contribution in [0.2, 0.25) is 0 Å². The Kier molecular flexibility index (Phi) is 5.36. The van der Waals surface area contributed by atoms with Crippen LogP contribution >= 0.6 is 0 Å². The van der Waals surface area contributed by atoms with Gasteiger partial charge in [-0.2, -0.15) is 0 Å². The number of nitrogens with one attached hydrogen (secondary N) is 1. The zero-order valence-electron chi connectivity index (χ0n) is 13.0. The van der Waals surface area contributed by atoms with Crippen molar-refractivity contribution in [3.63, 3.8) is 0 Å². The molecule has 1 aliphatic carbocycles. The quantitative estimate of drug-likeness (QED) is 0.784. The van der Waals surface area contributed by atoms with Gasteiger partial charge >= 0.3 is 0 Å². The van der Waals surface area contributed by atoms with Gasteiger partial charge in [-0.05, 0) is 50.6 Å². The number of piperidine rings is 1. The third kappa shape index (κ3) is 3.96. The molecule has 0 bridgehead atoms. The minimum absolute atomic E-state index is 0.529. The van der Waals surface area contributed by atoms with Gasteiger partial charge in [0.1, 0.15) is 0 Å². The van der Waals surface area contributed by atoms with Gasteiger partial charge in [0, 0.05) is 26.2 Å². The van der Waals surface area contributed by atoms with Crippen LogP contribution in [-0.2, 0) is 4.74 Å². The van der Waals surface area contributed by atoms with Crippen molar-refractivity contribution in [1.82, 2.24) is 10.2 Å². The first-order valence-electron chi connectivity index (χ1n) is 8.91. The Balaban J connectivity index is 1.25. The van der Waals surface area contributed by atoms with E-state index in [0.29, 0.717) is 6.10 Å². The summed E-state index contributed by atoms with van der Waals surface area (Å²) in [4.78, 5) is 2.66. The molecule has 0 aromatic rings. The standard InChI is InChI=1S/C17H32N2O/c1-2-4-9-17(8-3-1)14-19(15-17)12-5-13-20-16-6-10-18-11-7-16/h16,18H,1-15H2. The van der Waals surface area contributed by atoms with Crippen LogP contribution in [0.4, 0.5) is 0 Å². The molecule has 1 saturated carbocycles. The molecule has 20 heavy (non-hydrogen) atoms. The molecule has 2 heterocycles. The summed E-state index contributed by atoms with van der Waals surface area (Å²) in [5.74, 6) is 0. The fraction of sp³-hybridized carbons (Fsp3) is 1.00. The van der Waals surface area contributed by atoms with Gasteiger partial charge in [0.25, 0.3) is 0 Å². The Labute approximate surface area is 124 Å². The molecule has 0 atom stereocenters. The molecule has 3 rings (SSSR count). The van der Waals surface area contributed by atoms with Crippen LogP contribution < -0.4 is 5.32 Å². The average Bonchev–Trinajstić information content (AvgIpc) is 2.70. The Morgan fingerprint density at radius 1 is 1.00 bits per heavy atom. The molecule has 0 amide bonds. The molecule has 116 valence electrons. The zero-order chi connectivity index (χ0) is 13.7. The largest absolute Gasteiger partial charge is 0.378 e. The van der Waals surface area contributed by atoms with Crippen LogP contribution in [0.3, 0.4) is 0 Å². The normalized spacial score (nSPS) is 28.2. The van der Waals surface area contributed by atoms with E-state index in [1.165, 1.54) is 77.4 Å². The first-order chi connectivity index (χ1) is 9.86. The smallest absolute Gasteiger partial charge is 0.0599 e. The van der Waals surface area contributed by atoms with Gasteiger partial charge in [-0.3, -0.25) is 0 Å². The van der Waals surface area contributed by atoms with E-state index >= 15 is 0 Å². The van der Waals surface area contributed by atoms with Crippen molar-refractivity contribution >= 4 is 0 Å². The van der Waals surface area contributed by atoms with Crippen molar-refractivity contribution in [2.75, 3.05) is 39.3 Å². The monoisotopic (exact) mass is 280 g/mol. The molecule has 1 N–H and O–H groups in total. The molecule has 0 aromatic heterocycles. The van der Waals surface area contributed by atoms with Crippen LogP contribution in [0.15, 0.2) is 0 Å². The summed E-state index contributed by atoms with van der Waals surface area (Å²) in [6, 6.07) is 0. The lowest BCUT2D eigenvalue weighted by atomic mass is 9.73. The second-order valence-corrected chi connectivity index (χ2v) is 7.30. The summed E-state index contributed by atoms with van der Waals surface area (Å²) < 4.78 is 5.99. The molecule has 2 saturated heterocycles. The van der Waals surface area contributed by atoms with E-state index in [1.54, 1.807) is 0 Å². The van der Waals surface area contributed by atoms with Gasteiger partial charge < -0.3 is 15.0 Å². The highest BCUT2D eigenvalue weighted by Crippen LogP contribution is 2.42. The van der Waals surface area contributed by atoms with Gasteiger partial charge in [-0.25, -0.2) is 0 Å². The number of ether oxygens (including phenoxy) is 1. The lowest BCUT2D eigenvalue weighted by Crippen LogP contribution is -2.56. The summed E-state index contributed by atoms with van der Waals surface area (Å²) in [7, 11) is 0. The SMILES string of the molecule is C1CCCC2(CC1)CN(CCCOC1CCNCC1)C2. The van der Waals surface area contributed by atoms with Gasteiger partial charge in [-0.15, -0.1) is 0 Å². The van der Waals surface area contributed by atoms with Crippen LogP contribution in [-0.4, -0.2) is 50.3 Å². The van der Waals surface area contributed by atoms with Gasteiger partial charge in [0.15, 0.2) is 0 Å². The van der Waals surface area contributed by atoms with Gasteiger partial charge in [-0.1, -0.05) is 25.7 Å². The van der Waals surface area contributed by atoms with Crippen LogP contribution in [0.5, 0.6) is 0 Å². The maximum absolute atomic E-state index is 5.99. The molecule has 0 radical (unpaired) electrons. The summed E-state index contributed by atoms with van der Waals surface area (Å²) in [6.07, 6.45) is 13.1. The van der Waals surface area contributed by atoms with Crippen LogP contribution in [0.25, 0.3) is 0 Å². The van der Waals surface area contributed by atoms with E-state index in [-0.39, 0.29) is 0 Å². The van der Waals surface area contributed by atoms with Gasteiger partial charge in [0.2, 0.25) is 0 Å². The molecule has 3 heteroatoms. The molecule has 0 unspecified atom stereocenters. The summed E-state index contributed by atoms with van der Waals surface area (Å²) in [5, 5.41) is 3.39. The highest BCUT2D eigenvalue weighted by Gasteiger charge is 2.41. The number of likely N-dealkylation sites (tertiary alicyclic amines) is 1. The Bertz CT molecular complexity index is 273. The Morgan fingerprint density at radius 3 is 2.40 bits per heavy atom. The predicted octanol–water partition coefficient (Wildman–Crippen LogP) is 2.80. The van der Waals surface area contributed by atoms with E-state index < -0.39 is 0 Å². The van der Waals surface area contributed by atoms with E-state index in [1.807, 2.05) is 0 Å². The summed E-state index contributed by atoms with van der Waals surface area (Å²) in [5.41, 5.74) is 0.729. The predicted molar refractivity (Wildman–Crippen MR) is 83.0 cm³/mol. The minimum Gasteiger partial charge on any atom is -0.378 e. The minimum atomic E-state index is 0.529. The maximum Gasteiger partial charge on any atom is 0.0599 e. The topological polar surface area (TPSA) is 24.5 Å². The first-order valence-corrected chi connectivity index (χ1v) is 8.91. The number of hydrogen-bond donors (Lipinski definition) is 1.